The fraction of sp³-hybridized carbons (Fsp3) is 0. The summed E-state index contributed by atoms with van der Waals surface area (Å²) < 4.78 is 5.75. The molecule has 0 fully saturated rings. The lowest BCUT2D eigenvalue weighted by Crippen LogP contribution is -1.99. The fourth-order valence-corrected chi connectivity index (χ4v) is 2.36. The second kappa shape index (κ2) is 6.38. The highest BCUT2D eigenvalue weighted by Crippen LogP contribution is 2.38. The molecule has 0 saturated heterocycles. The number of ether oxygens (including phenoxy) is 1. The largest absolute Gasteiger partial charge is 0.429 e. The molecule has 10 heteroatoms. The molecular weight excluding hydrogens is 434 g/mol. The first-order chi connectivity index (χ1) is 9.92. The summed E-state index contributed by atoms with van der Waals surface area (Å²) in [6, 6.07) is 4.39. The predicted octanol–water partition coefficient (Wildman–Crippen LogP) is 3.96. The summed E-state index contributed by atoms with van der Waals surface area (Å²) in [4.78, 5) is 17.9. The summed E-state index contributed by atoms with van der Waals surface area (Å²) in [5.74, 6) is -0.182. The van der Waals surface area contributed by atoms with Gasteiger partial charge in [0.05, 0.1) is 26.3 Å². The Labute approximate surface area is 141 Å². The Morgan fingerprint density at radius 1 is 1.43 bits per heavy atom. The van der Waals surface area contributed by atoms with Crippen molar-refractivity contribution >= 4 is 51.5 Å². The van der Waals surface area contributed by atoms with E-state index in [-0.39, 0.29) is 33.2 Å². The van der Waals surface area contributed by atoms with E-state index in [1.807, 2.05) is 28.7 Å². The van der Waals surface area contributed by atoms with Gasteiger partial charge in [-0.25, -0.2) is 4.98 Å². The Hall–Kier alpha value is -1.70. The highest BCUT2D eigenvalue weighted by Gasteiger charge is 2.22. The van der Waals surface area contributed by atoms with E-state index < -0.39 is 4.92 Å². The number of aromatic nitrogens is 2. The van der Waals surface area contributed by atoms with E-state index in [4.69, 9.17) is 33.2 Å². The average molecular weight is 437 g/mol. The molecule has 0 radical (unpaired) electrons. The molecule has 0 unspecified atom stereocenters. The topological polar surface area (TPSA) is 102 Å². The third-order valence-electron chi connectivity index (χ3n) is 2.23. The first-order valence-corrected chi connectivity index (χ1v) is 6.99. The summed E-state index contributed by atoms with van der Waals surface area (Å²) in [7, 11) is 0. The quantitative estimate of drug-likeness (QED) is 0.312. The molecule has 1 aromatic heterocycles. The van der Waals surface area contributed by atoms with Crippen molar-refractivity contribution in [2.75, 3.05) is 0 Å². The zero-order valence-electron chi connectivity index (χ0n) is 9.88. The third kappa shape index (κ3) is 3.49. The van der Waals surface area contributed by atoms with Crippen molar-refractivity contribution in [2.24, 2.45) is 0 Å². The van der Waals surface area contributed by atoms with Crippen LogP contribution in [0.25, 0.3) is 0 Å². The van der Waals surface area contributed by atoms with Gasteiger partial charge in [0, 0.05) is 6.07 Å². The van der Waals surface area contributed by atoms with Crippen molar-refractivity contribution in [1.82, 2.24) is 9.97 Å². The summed E-state index contributed by atoms with van der Waals surface area (Å²) >= 11 is 13.3. The smallest absolute Gasteiger partial charge is 0.314 e. The second-order valence-corrected chi connectivity index (χ2v) is 5.48. The molecule has 0 aliphatic carbocycles. The van der Waals surface area contributed by atoms with Crippen LogP contribution in [0.1, 0.15) is 5.56 Å². The van der Waals surface area contributed by atoms with E-state index in [2.05, 4.69) is 9.97 Å². The van der Waals surface area contributed by atoms with E-state index >= 15 is 0 Å². The van der Waals surface area contributed by atoms with Gasteiger partial charge >= 0.3 is 5.69 Å². The van der Waals surface area contributed by atoms with Gasteiger partial charge in [0.1, 0.15) is 5.02 Å². The number of nitro benzene ring substituents is 1. The van der Waals surface area contributed by atoms with Crippen molar-refractivity contribution in [3.8, 4) is 17.7 Å². The van der Waals surface area contributed by atoms with Gasteiger partial charge in [-0.05, 0) is 40.3 Å². The summed E-state index contributed by atoms with van der Waals surface area (Å²) in [5, 5.41) is 19.9. The van der Waals surface area contributed by atoms with Crippen molar-refractivity contribution in [2.45, 2.75) is 0 Å². The lowest BCUT2D eigenvalue weighted by atomic mass is 10.2. The van der Waals surface area contributed by atoms with Crippen LogP contribution < -0.4 is 4.74 Å². The van der Waals surface area contributed by atoms with Gasteiger partial charge in [0.2, 0.25) is 16.9 Å². The lowest BCUT2D eigenvalue weighted by Gasteiger charge is -2.09. The number of halogens is 3. The van der Waals surface area contributed by atoms with Crippen molar-refractivity contribution < 1.29 is 9.66 Å². The van der Waals surface area contributed by atoms with Crippen molar-refractivity contribution in [1.29, 1.82) is 5.26 Å². The van der Waals surface area contributed by atoms with E-state index in [0.717, 1.165) is 6.07 Å². The number of nitrogens with zero attached hydrogens (tertiary/aromatic N) is 4. The molecule has 0 aliphatic heterocycles. The minimum Gasteiger partial charge on any atom is -0.429 e. The molecule has 0 bridgehead atoms. The minimum atomic E-state index is -0.658. The lowest BCUT2D eigenvalue weighted by molar-refractivity contribution is -0.385. The molecule has 21 heavy (non-hydrogen) atoms. The number of nitriles is 1. The summed E-state index contributed by atoms with van der Waals surface area (Å²) in [5.41, 5.74) is -0.227. The number of rotatable bonds is 3. The third-order valence-corrected chi connectivity index (χ3v) is 3.47. The van der Waals surface area contributed by atoms with Gasteiger partial charge in [0.15, 0.2) is 0 Å². The van der Waals surface area contributed by atoms with Gasteiger partial charge in [-0.2, -0.15) is 10.2 Å². The fourth-order valence-electron chi connectivity index (χ4n) is 1.38. The van der Waals surface area contributed by atoms with Gasteiger partial charge in [-0.15, -0.1) is 0 Å². The Balaban J connectivity index is 2.56. The van der Waals surface area contributed by atoms with Gasteiger partial charge < -0.3 is 4.74 Å². The maximum atomic E-state index is 11.1. The number of hydrogen-bond donors (Lipinski definition) is 0. The van der Waals surface area contributed by atoms with Crippen LogP contribution in [0.15, 0.2) is 18.3 Å². The van der Waals surface area contributed by atoms with Gasteiger partial charge in [-0.1, -0.05) is 11.6 Å². The molecule has 0 N–H and O–H groups in total. The van der Waals surface area contributed by atoms with Crippen LogP contribution in [0.2, 0.25) is 10.3 Å². The summed E-state index contributed by atoms with van der Waals surface area (Å²) in [6.07, 6.45) is 1.22. The second-order valence-electron chi connectivity index (χ2n) is 3.57. The molecule has 0 atom stereocenters. The number of hydrogen-bond acceptors (Lipinski definition) is 6. The Kier molecular flexibility index (Phi) is 4.76. The summed E-state index contributed by atoms with van der Waals surface area (Å²) in [6.45, 7) is 0. The van der Waals surface area contributed by atoms with Gasteiger partial charge in [-0.3, -0.25) is 10.1 Å². The highest BCUT2D eigenvalue weighted by atomic mass is 127. The molecule has 2 aromatic rings. The zero-order valence-corrected chi connectivity index (χ0v) is 13.5. The minimum absolute atomic E-state index is 0.0499. The Bertz CT molecular complexity index is 779. The molecular formula is C11H3Cl2IN4O3. The normalized spacial score (nSPS) is 10.0. The molecule has 7 nitrogen and oxygen atoms in total. The first-order valence-electron chi connectivity index (χ1n) is 5.16. The van der Waals surface area contributed by atoms with Crippen LogP contribution in [-0.2, 0) is 0 Å². The SMILES string of the molecule is N#Cc1cc(I)c(Oc2nc(Cl)ncc2Cl)c([N+](=O)[O-])c1. The first kappa shape index (κ1) is 15.7. The van der Waals surface area contributed by atoms with Crippen LogP contribution in [0.5, 0.6) is 11.6 Å². The van der Waals surface area contributed by atoms with E-state index in [1.165, 1.54) is 12.3 Å². The van der Waals surface area contributed by atoms with Crippen LogP contribution in [0.3, 0.4) is 0 Å². The van der Waals surface area contributed by atoms with E-state index in [0.29, 0.717) is 3.57 Å². The van der Waals surface area contributed by atoms with E-state index in [1.54, 1.807) is 0 Å². The molecule has 0 aliphatic rings. The van der Waals surface area contributed by atoms with Crippen LogP contribution in [0.4, 0.5) is 5.69 Å². The van der Waals surface area contributed by atoms with Crippen LogP contribution in [-0.4, -0.2) is 14.9 Å². The molecule has 0 saturated carbocycles. The molecule has 1 aromatic carbocycles. The predicted molar refractivity (Wildman–Crippen MR) is 82.7 cm³/mol. The van der Waals surface area contributed by atoms with Crippen LogP contribution >= 0.6 is 45.8 Å². The Morgan fingerprint density at radius 3 is 2.76 bits per heavy atom. The van der Waals surface area contributed by atoms with Crippen molar-refractivity contribution in [3.63, 3.8) is 0 Å². The monoisotopic (exact) mass is 436 g/mol. The molecule has 2 rings (SSSR count). The van der Waals surface area contributed by atoms with Crippen molar-refractivity contribution in [3.05, 3.63) is 47.9 Å². The molecule has 0 amide bonds. The Morgan fingerprint density at radius 2 is 2.14 bits per heavy atom. The number of benzene rings is 1. The number of nitro groups is 1. The average Bonchev–Trinajstić information content (AvgIpc) is 2.44. The van der Waals surface area contributed by atoms with Crippen LogP contribution in [0, 0.1) is 25.0 Å². The molecule has 106 valence electrons. The zero-order chi connectivity index (χ0) is 15.6. The molecule has 1 heterocycles. The molecule has 0 spiro atoms. The van der Waals surface area contributed by atoms with E-state index in [9.17, 15) is 10.1 Å². The maximum absolute atomic E-state index is 11.1. The highest BCUT2D eigenvalue weighted by molar-refractivity contribution is 14.1. The standard InChI is InChI=1S/C11H3Cl2IN4O3/c12-6-4-16-11(13)17-10(6)21-9-7(14)1-5(3-15)2-8(9)18(19)20/h1-2,4H. The van der Waals surface area contributed by atoms with Gasteiger partial charge in [0.25, 0.3) is 0 Å². The maximum Gasteiger partial charge on any atom is 0.314 e.